The highest BCUT2D eigenvalue weighted by molar-refractivity contribution is 8.12. The van der Waals surface area contributed by atoms with Crippen LogP contribution in [0.5, 0.6) is 0 Å². The maximum absolute atomic E-state index is 13.1. The van der Waals surface area contributed by atoms with Crippen molar-refractivity contribution in [1.82, 2.24) is 0 Å². The molecule has 26 heavy (non-hydrogen) atoms. The molecular formula is C13H14Cl3NO4P2S3+2. The first-order valence-electron chi connectivity index (χ1n) is 7.23. The first kappa shape index (κ1) is 23.1. The van der Waals surface area contributed by atoms with Crippen molar-refractivity contribution in [1.29, 1.82) is 0 Å². The fourth-order valence-electron chi connectivity index (χ4n) is 2.60. The molecule has 1 aromatic carbocycles. The van der Waals surface area contributed by atoms with Gasteiger partial charge in [-0.15, -0.1) is 0 Å². The number of rotatable bonds is 7. The zero-order valence-corrected chi connectivity index (χ0v) is 20.2. The van der Waals surface area contributed by atoms with Gasteiger partial charge in [-0.1, -0.05) is 39.1 Å². The average Bonchev–Trinajstić information content (AvgIpc) is 2.75. The summed E-state index contributed by atoms with van der Waals surface area (Å²) in [6.45, 7) is 3.68. The zero-order chi connectivity index (χ0) is 19.7. The predicted molar refractivity (Wildman–Crippen MR) is 117 cm³/mol. The van der Waals surface area contributed by atoms with Crippen molar-refractivity contribution < 1.29 is 18.8 Å². The quantitative estimate of drug-likeness (QED) is 0.306. The van der Waals surface area contributed by atoms with Gasteiger partial charge in [0.05, 0.1) is 10.0 Å². The van der Waals surface area contributed by atoms with Crippen LogP contribution < -0.4 is 4.31 Å². The number of halogens is 3. The molecule has 0 aliphatic carbocycles. The van der Waals surface area contributed by atoms with Crippen molar-refractivity contribution in [3.05, 3.63) is 27.2 Å². The van der Waals surface area contributed by atoms with Crippen LogP contribution in [0.15, 0.2) is 12.1 Å². The lowest BCUT2D eigenvalue weighted by atomic mass is 10.2. The monoisotopic (exact) mass is 511 g/mol. The van der Waals surface area contributed by atoms with Crippen LogP contribution in [-0.4, -0.2) is 33.7 Å². The van der Waals surface area contributed by atoms with E-state index in [1.54, 1.807) is 13.8 Å². The highest BCUT2D eigenvalue weighted by atomic mass is 35.5. The Morgan fingerprint density at radius 2 is 1.62 bits per heavy atom. The summed E-state index contributed by atoms with van der Waals surface area (Å²) >= 11 is 27.1. The standard InChI is InChI=1S/C13H12Cl3NO4P2S3/c1-3-20-12(21-4-2)11(18)26(19)17(13(12,22-24)23-25)10-8(15)5-7(14)6-9(10)16/h5-6H,3-4H2,1-2H3/p+2. The largest absolute Gasteiger partial charge is 0.585 e. The lowest BCUT2D eigenvalue weighted by Crippen LogP contribution is -2.56. The lowest BCUT2D eigenvalue weighted by molar-refractivity contribution is -0.219. The van der Waals surface area contributed by atoms with Crippen molar-refractivity contribution in [2.24, 2.45) is 0 Å². The summed E-state index contributed by atoms with van der Waals surface area (Å²) in [5.74, 6) is -1.85. The SMILES string of the molecule is CCOC1(OCC)C(=O)[S+]([O-])N(c2c(Cl)cc(Cl)cc2Cl)C1([PH+]=S)[PH+]=S. The number of benzene rings is 1. The van der Waals surface area contributed by atoms with E-state index in [9.17, 15) is 9.35 Å². The van der Waals surface area contributed by atoms with E-state index in [0.29, 0.717) is 5.02 Å². The van der Waals surface area contributed by atoms with Crippen LogP contribution in [0.3, 0.4) is 0 Å². The van der Waals surface area contributed by atoms with E-state index in [-0.39, 0.29) is 43.7 Å². The van der Waals surface area contributed by atoms with Gasteiger partial charge in [-0.2, -0.15) is 0 Å². The number of hydrogen-bond donors (Lipinski definition) is 0. The second kappa shape index (κ2) is 9.10. The Balaban J connectivity index is 2.84. The molecule has 1 fully saturated rings. The average molecular weight is 513 g/mol. The van der Waals surface area contributed by atoms with E-state index in [0.717, 1.165) is 0 Å². The first-order chi connectivity index (χ1) is 12.3. The van der Waals surface area contributed by atoms with Gasteiger partial charge in [0.1, 0.15) is 5.69 Å². The number of carbonyl (C=O) groups excluding carboxylic acids is 1. The Morgan fingerprint density at radius 3 is 2.00 bits per heavy atom. The van der Waals surface area contributed by atoms with Crippen molar-refractivity contribution in [3.63, 3.8) is 0 Å². The summed E-state index contributed by atoms with van der Waals surface area (Å²) in [6, 6.07) is 2.88. The highest BCUT2D eigenvalue weighted by Crippen LogP contribution is 2.60. The second-order valence-electron chi connectivity index (χ2n) is 4.95. The van der Waals surface area contributed by atoms with Gasteiger partial charge in [0, 0.05) is 18.2 Å². The fourth-order valence-corrected chi connectivity index (χ4v) is 10.6. The number of ether oxygens (including phenoxy) is 2. The van der Waals surface area contributed by atoms with Crippen molar-refractivity contribution in [3.8, 4) is 0 Å². The molecule has 5 nitrogen and oxygen atoms in total. The molecule has 0 radical (unpaired) electrons. The topological polar surface area (TPSA) is 61.8 Å². The molecule has 0 spiro atoms. The third-order valence-electron chi connectivity index (χ3n) is 3.55. The van der Waals surface area contributed by atoms with E-state index in [1.165, 1.54) is 16.4 Å². The number of carbonyl (C=O) groups is 1. The minimum absolute atomic E-state index is 0.123. The van der Waals surface area contributed by atoms with Gasteiger partial charge in [-0.05, 0) is 26.0 Å². The molecule has 1 saturated heterocycles. The van der Waals surface area contributed by atoms with Gasteiger partial charge in [0.25, 0.3) is 14.7 Å². The molecule has 0 amide bonds. The molecule has 1 aliphatic heterocycles. The van der Waals surface area contributed by atoms with Crippen LogP contribution >= 0.6 is 49.5 Å². The minimum Gasteiger partial charge on any atom is -0.585 e. The zero-order valence-electron chi connectivity index (χ0n) is 13.5. The van der Waals surface area contributed by atoms with E-state index >= 15 is 0 Å². The summed E-state index contributed by atoms with van der Waals surface area (Å²) in [5, 5.41) is -1.57. The van der Waals surface area contributed by atoms with E-state index in [4.69, 9.17) is 67.9 Å². The lowest BCUT2D eigenvalue weighted by Gasteiger charge is -2.27. The maximum Gasteiger partial charge on any atom is 0.467 e. The smallest absolute Gasteiger partial charge is 0.467 e. The molecule has 0 saturated carbocycles. The van der Waals surface area contributed by atoms with Crippen LogP contribution in [0.25, 0.3) is 0 Å². The van der Waals surface area contributed by atoms with Gasteiger partial charge < -0.3 is 14.0 Å². The van der Waals surface area contributed by atoms with Crippen LogP contribution in [0.2, 0.25) is 15.1 Å². The molecule has 3 unspecified atom stereocenters. The Hall–Kier alpha value is 0.830. The summed E-state index contributed by atoms with van der Waals surface area (Å²) in [5.41, 5.74) is 0.167. The van der Waals surface area contributed by atoms with Gasteiger partial charge in [-0.25, -0.2) is 4.79 Å². The number of hydrogen-bond acceptors (Lipinski definition) is 7. The molecule has 0 N–H and O–H groups in total. The molecule has 0 aromatic heterocycles. The maximum atomic E-state index is 13.1. The minimum atomic E-state index is -2.21. The van der Waals surface area contributed by atoms with Crippen molar-refractivity contribution in [2.45, 2.75) is 24.7 Å². The van der Waals surface area contributed by atoms with Gasteiger partial charge in [0.15, 0.2) is 35.0 Å². The van der Waals surface area contributed by atoms with E-state index in [2.05, 4.69) is 0 Å². The molecule has 1 aromatic rings. The predicted octanol–water partition coefficient (Wildman–Crippen LogP) is 4.36. The molecule has 1 aliphatic rings. The van der Waals surface area contributed by atoms with Crippen LogP contribution in [-0.2, 0) is 49.2 Å². The van der Waals surface area contributed by atoms with Crippen LogP contribution in [0.4, 0.5) is 5.69 Å². The molecule has 0 bridgehead atoms. The Labute approximate surface area is 182 Å². The van der Waals surface area contributed by atoms with Gasteiger partial charge in [-0.3, -0.25) is 0 Å². The normalized spacial score (nSPS) is 25.4. The van der Waals surface area contributed by atoms with Crippen LogP contribution in [0, 0.1) is 0 Å². The summed E-state index contributed by atoms with van der Waals surface area (Å²) in [7, 11) is -0.752. The molecule has 2 rings (SSSR count). The Kier molecular flexibility index (Phi) is 8.09. The molecule has 13 heteroatoms. The summed E-state index contributed by atoms with van der Waals surface area (Å²) in [4.78, 5) is 13.0. The Morgan fingerprint density at radius 1 is 1.15 bits per heavy atom. The first-order valence-corrected chi connectivity index (χ1v) is 13.7. The molecule has 3 atom stereocenters. The molecule has 142 valence electrons. The number of nitrogens with zero attached hydrogens (tertiary/aromatic N) is 1. The van der Waals surface area contributed by atoms with Gasteiger partial charge in [0.2, 0.25) is 0 Å². The van der Waals surface area contributed by atoms with Crippen molar-refractivity contribution in [2.75, 3.05) is 17.5 Å². The third-order valence-corrected chi connectivity index (χ3v) is 11.3. The second-order valence-corrected chi connectivity index (χ2v) is 11.0. The highest BCUT2D eigenvalue weighted by Gasteiger charge is 2.87. The number of anilines is 1. The van der Waals surface area contributed by atoms with E-state index in [1.807, 2.05) is 0 Å². The van der Waals surface area contributed by atoms with Gasteiger partial charge >= 0.3 is 15.9 Å². The fraction of sp³-hybridized carbons (Fsp3) is 0.462. The Bertz CT molecular complexity index is 720. The molecule has 1 heterocycles. The summed E-state index contributed by atoms with van der Waals surface area (Å²) < 4.78 is 25.8. The van der Waals surface area contributed by atoms with E-state index < -0.39 is 27.3 Å². The third kappa shape index (κ3) is 3.46. The molecular weight excluding hydrogens is 499 g/mol. The van der Waals surface area contributed by atoms with Crippen LogP contribution in [0.1, 0.15) is 13.8 Å². The summed E-state index contributed by atoms with van der Waals surface area (Å²) in [6.07, 6.45) is 0. The van der Waals surface area contributed by atoms with Crippen molar-refractivity contribution >= 4 is 95.3 Å².